The van der Waals surface area contributed by atoms with Crippen molar-refractivity contribution in [1.29, 1.82) is 0 Å². The molecule has 22 heavy (non-hydrogen) atoms. The molecule has 0 heterocycles. The lowest BCUT2D eigenvalue weighted by atomic mass is 10.2. The smallest absolute Gasteiger partial charge is 0.306 e. The number of nitro benzene ring substituents is 1. The van der Waals surface area contributed by atoms with Crippen molar-refractivity contribution in [1.82, 2.24) is 5.32 Å². The van der Waals surface area contributed by atoms with Crippen molar-refractivity contribution < 1.29 is 13.7 Å². The Morgan fingerprint density at radius 2 is 1.86 bits per heavy atom. The lowest BCUT2D eigenvalue weighted by molar-refractivity contribution is -0.387. The number of nitrogens with one attached hydrogen (secondary N) is 2. The third kappa shape index (κ3) is 4.19. The summed E-state index contributed by atoms with van der Waals surface area (Å²) in [6.45, 7) is 0.357. The number of hydrogen-bond acceptors (Lipinski definition) is 3. The minimum atomic E-state index is -0.916. The van der Waals surface area contributed by atoms with E-state index in [0.717, 1.165) is 17.7 Å². The molecule has 0 saturated carbocycles. The molecule has 0 aliphatic rings. The van der Waals surface area contributed by atoms with Gasteiger partial charge >= 0.3 is 5.69 Å². The van der Waals surface area contributed by atoms with Crippen LogP contribution in [-0.4, -0.2) is 10.0 Å². The van der Waals surface area contributed by atoms with Gasteiger partial charge < -0.3 is 10.6 Å². The average molecular weight is 323 g/mol. The number of rotatable bonds is 4. The highest BCUT2D eigenvalue weighted by Crippen LogP contribution is 2.21. The van der Waals surface area contributed by atoms with Crippen molar-refractivity contribution in [2.45, 2.75) is 6.54 Å². The van der Waals surface area contributed by atoms with E-state index in [4.69, 9.17) is 12.2 Å². The standard InChI is InChI=1S/C14H11F2N3O2S/c15-10-3-1-9(2-4-10)8-17-14(22)18-11-5-6-12(16)13(7-11)19(20)21/h1-7H,8H2,(H2,17,18,22). The van der Waals surface area contributed by atoms with Gasteiger partial charge in [0.25, 0.3) is 0 Å². The van der Waals surface area contributed by atoms with E-state index >= 15 is 0 Å². The van der Waals surface area contributed by atoms with Crippen LogP contribution in [0.3, 0.4) is 0 Å². The molecule has 2 rings (SSSR count). The molecule has 2 aromatic carbocycles. The normalized spacial score (nSPS) is 10.1. The van der Waals surface area contributed by atoms with Crippen LogP contribution in [0, 0.1) is 21.7 Å². The van der Waals surface area contributed by atoms with E-state index in [0.29, 0.717) is 12.2 Å². The fraction of sp³-hybridized carbons (Fsp3) is 0.0714. The largest absolute Gasteiger partial charge is 0.358 e. The van der Waals surface area contributed by atoms with E-state index in [1.807, 2.05) is 0 Å². The molecule has 0 saturated heterocycles. The number of nitrogens with zero attached hydrogens (tertiary/aromatic N) is 1. The first-order valence-corrected chi connectivity index (χ1v) is 6.60. The third-order valence-electron chi connectivity index (χ3n) is 2.77. The Kier molecular flexibility index (Phi) is 4.95. The van der Waals surface area contributed by atoms with Crippen molar-refractivity contribution in [2.24, 2.45) is 0 Å². The fourth-order valence-corrected chi connectivity index (χ4v) is 1.88. The van der Waals surface area contributed by atoms with Gasteiger partial charge in [-0.05, 0) is 42.0 Å². The molecule has 2 aromatic rings. The van der Waals surface area contributed by atoms with Crippen molar-refractivity contribution >= 4 is 28.7 Å². The minimum Gasteiger partial charge on any atom is -0.358 e. The van der Waals surface area contributed by atoms with Crippen LogP contribution >= 0.6 is 12.2 Å². The second-order valence-electron chi connectivity index (χ2n) is 4.36. The maximum atomic E-state index is 13.2. The maximum Gasteiger partial charge on any atom is 0.306 e. The molecule has 114 valence electrons. The van der Waals surface area contributed by atoms with Crippen molar-refractivity contribution in [3.63, 3.8) is 0 Å². The van der Waals surface area contributed by atoms with E-state index in [-0.39, 0.29) is 10.9 Å². The molecule has 0 aromatic heterocycles. The van der Waals surface area contributed by atoms with Gasteiger partial charge in [0.2, 0.25) is 5.82 Å². The molecule has 0 unspecified atom stereocenters. The number of nitro groups is 1. The summed E-state index contributed by atoms with van der Waals surface area (Å²) in [5.41, 5.74) is 0.478. The van der Waals surface area contributed by atoms with Crippen LogP contribution in [0.4, 0.5) is 20.2 Å². The predicted molar refractivity (Wildman–Crippen MR) is 82.5 cm³/mol. The van der Waals surface area contributed by atoms with Gasteiger partial charge in [-0.25, -0.2) is 4.39 Å². The molecule has 8 heteroatoms. The summed E-state index contributed by atoms with van der Waals surface area (Å²) in [6.07, 6.45) is 0. The zero-order chi connectivity index (χ0) is 16.1. The Labute approximate surface area is 130 Å². The summed E-state index contributed by atoms with van der Waals surface area (Å²) in [5.74, 6) is -1.25. The monoisotopic (exact) mass is 323 g/mol. The van der Waals surface area contributed by atoms with Gasteiger partial charge in [0.05, 0.1) is 4.92 Å². The minimum absolute atomic E-state index is 0.213. The van der Waals surface area contributed by atoms with Crippen LogP contribution in [-0.2, 0) is 6.54 Å². The lowest BCUT2D eigenvalue weighted by Gasteiger charge is -2.10. The van der Waals surface area contributed by atoms with Crippen LogP contribution in [0.25, 0.3) is 0 Å². The highest BCUT2D eigenvalue weighted by atomic mass is 32.1. The Balaban J connectivity index is 1.96. The van der Waals surface area contributed by atoms with Crippen LogP contribution < -0.4 is 10.6 Å². The summed E-state index contributed by atoms with van der Waals surface area (Å²) in [5, 5.41) is 16.5. The Morgan fingerprint density at radius 1 is 1.18 bits per heavy atom. The lowest BCUT2D eigenvalue weighted by Crippen LogP contribution is -2.27. The molecule has 0 fully saturated rings. The van der Waals surface area contributed by atoms with Gasteiger partial charge in [0.15, 0.2) is 5.11 Å². The SMILES string of the molecule is O=[N+]([O-])c1cc(NC(=S)NCc2ccc(F)cc2)ccc1F. The van der Waals surface area contributed by atoms with Gasteiger partial charge in [0, 0.05) is 18.3 Å². The van der Waals surface area contributed by atoms with Crippen LogP contribution in [0.5, 0.6) is 0 Å². The summed E-state index contributed by atoms with van der Waals surface area (Å²) >= 11 is 5.04. The third-order valence-corrected chi connectivity index (χ3v) is 3.01. The van der Waals surface area contributed by atoms with E-state index in [1.165, 1.54) is 18.2 Å². The zero-order valence-electron chi connectivity index (χ0n) is 11.2. The molecule has 0 amide bonds. The van der Waals surface area contributed by atoms with Crippen molar-refractivity contribution in [3.05, 3.63) is 69.8 Å². The topological polar surface area (TPSA) is 67.2 Å². The van der Waals surface area contributed by atoms with Crippen molar-refractivity contribution in [3.8, 4) is 0 Å². The molecule has 0 bridgehead atoms. The number of halogens is 2. The van der Waals surface area contributed by atoms with Gasteiger partial charge in [-0.2, -0.15) is 4.39 Å². The number of thiocarbonyl (C=S) groups is 1. The molecule has 0 aliphatic heterocycles. The summed E-state index contributed by atoms with van der Waals surface area (Å²) < 4.78 is 26.0. The Hall–Kier alpha value is -2.61. The van der Waals surface area contributed by atoms with E-state index in [9.17, 15) is 18.9 Å². The predicted octanol–water partition coefficient (Wildman–Crippen LogP) is 3.36. The number of benzene rings is 2. The highest BCUT2D eigenvalue weighted by Gasteiger charge is 2.14. The molecule has 5 nitrogen and oxygen atoms in total. The fourth-order valence-electron chi connectivity index (χ4n) is 1.69. The van der Waals surface area contributed by atoms with E-state index < -0.39 is 16.4 Å². The molecule has 0 aliphatic carbocycles. The summed E-state index contributed by atoms with van der Waals surface area (Å²) in [6, 6.07) is 9.26. The van der Waals surface area contributed by atoms with Gasteiger partial charge in [-0.15, -0.1) is 0 Å². The maximum absolute atomic E-state index is 13.2. The van der Waals surface area contributed by atoms with Crippen LogP contribution in [0.1, 0.15) is 5.56 Å². The number of anilines is 1. The van der Waals surface area contributed by atoms with Crippen LogP contribution in [0.15, 0.2) is 42.5 Å². The second-order valence-corrected chi connectivity index (χ2v) is 4.77. The quantitative estimate of drug-likeness (QED) is 0.513. The van der Waals surface area contributed by atoms with Gasteiger partial charge in [0.1, 0.15) is 5.82 Å². The molecule has 0 spiro atoms. The summed E-state index contributed by atoms with van der Waals surface area (Å²) in [4.78, 5) is 9.85. The molecule has 2 N–H and O–H groups in total. The molecule has 0 atom stereocenters. The Bertz CT molecular complexity index is 708. The van der Waals surface area contributed by atoms with Gasteiger partial charge in [-0.3, -0.25) is 10.1 Å². The van der Waals surface area contributed by atoms with Crippen molar-refractivity contribution in [2.75, 3.05) is 5.32 Å². The molecular weight excluding hydrogens is 312 g/mol. The molecular formula is C14H11F2N3O2S. The van der Waals surface area contributed by atoms with Gasteiger partial charge in [-0.1, -0.05) is 12.1 Å². The van der Waals surface area contributed by atoms with E-state index in [2.05, 4.69) is 10.6 Å². The zero-order valence-corrected chi connectivity index (χ0v) is 12.0. The first kappa shape index (κ1) is 15.8. The second kappa shape index (κ2) is 6.90. The van der Waals surface area contributed by atoms with Crippen LogP contribution in [0.2, 0.25) is 0 Å². The highest BCUT2D eigenvalue weighted by molar-refractivity contribution is 7.80. The average Bonchev–Trinajstić information content (AvgIpc) is 2.48. The first-order chi connectivity index (χ1) is 10.5. The Morgan fingerprint density at radius 3 is 2.50 bits per heavy atom. The number of hydrogen-bond donors (Lipinski definition) is 2. The van der Waals surface area contributed by atoms with E-state index in [1.54, 1.807) is 12.1 Å². The summed E-state index contributed by atoms with van der Waals surface area (Å²) in [7, 11) is 0. The first-order valence-electron chi connectivity index (χ1n) is 6.19. The molecule has 0 radical (unpaired) electrons.